The maximum absolute atomic E-state index is 12.8. The quantitative estimate of drug-likeness (QED) is 0.817. The van der Waals surface area contributed by atoms with Crippen LogP contribution in [0.4, 0.5) is 11.4 Å². The van der Waals surface area contributed by atoms with Crippen LogP contribution in [0.15, 0.2) is 18.2 Å². The molecule has 1 heterocycles. The molecule has 1 saturated heterocycles. The molecule has 0 radical (unpaired) electrons. The summed E-state index contributed by atoms with van der Waals surface area (Å²) in [6.07, 6.45) is 0. The van der Waals surface area contributed by atoms with Crippen LogP contribution in [-0.4, -0.2) is 54.5 Å². The summed E-state index contributed by atoms with van der Waals surface area (Å²) in [6.45, 7) is 13.4. The second-order valence-corrected chi connectivity index (χ2v) is 6.72. The van der Waals surface area contributed by atoms with E-state index >= 15 is 0 Å². The van der Waals surface area contributed by atoms with Gasteiger partial charge in [0.05, 0.1) is 6.04 Å². The summed E-state index contributed by atoms with van der Waals surface area (Å²) in [7, 11) is 0. The van der Waals surface area contributed by atoms with E-state index in [-0.39, 0.29) is 17.9 Å². The van der Waals surface area contributed by atoms with Crippen LogP contribution in [0.5, 0.6) is 0 Å². The van der Waals surface area contributed by atoms with E-state index in [0.717, 1.165) is 44.0 Å². The van der Waals surface area contributed by atoms with Gasteiger partial charge in [-0.1, -0.05) is 26.8 Å². The summed E-state index contributed by atoms with van der Waals surface area (Å²) < 4.78 is 0. The second-order valence-electron chi connectivity index (χ2n) is 6.72. The van der Waals surface area contributed by atoms with Gasteiger partial charge in [0.25, 0.3) is 0 Å². The zero-order valence-corrected chi connectivity index (χ0v) is 14.8. The third-order valence-electron chi connectivity index (χ3n) is 4.69. The van der Waals surface area contributed by atoms with Gasteiger partial charge in [0, 0.05) is 37.6 Å². The number of hydrogen-bond donors (Lipinski definition) is 2. The Hall–Kier alpha value is -1.59. The molecule has 1 atom stereocenters. The molecule has 1 aromatic carbocycles. The number of likely N-dealkylation sites (N-methyl/N-ethyl adjacent to an activating group) is 1. The van der Waals surface area contributed by atoms with Crippen LogP contribution in [0, 0.1) is 12.8 Å². The van der Waals surface area contributed by atoms with Gasteiger partial charge in [-0.2, -0.15) is 0 Å². The molecule has 1 aliphatic rings. The molecule has 1 aliphatic heterocycles. The van der Waals surface area contributed by atoms with Crippen LogP contribution < -0.4 is 11.1 Å². The Bertz CT molecular complexity index is 536. The molecule has 23 heavy (non-hydrogen) atoms. The van der Waals surface area contributed by atoms with Gasteiger partial charge in [-0.15, -0.1) is 0 Å². The van der Waals surface area contributed by atoms with Gasteiger partial charge in [0.2, 0.25) is 5.91 Å². The van der Waals surface area contributed by atoms with Gasteiger partial charge in [0.1, 0.15) is 0 Å². The topological polar surface area (TPSA) is 61.6 Å². The van der Waals surface area contributed by atoms with Gasteiger partial charge in [-0.3, -0.25) is 9.69 Å². The van der Waals surface area contributed by atoms with Crippen LogP contribution in [0.1, 0.15) is 26.3 Å². The fourth-order valence-corrected chi connectivity index (χ4v) is 3.18. The molecule has 1 fully saturated rings. The van der Waals surface area contributed by atoms with E-state index in [2.05, 4.69) is 35.9 Å². The highest BCUT2D eigenvalue weighted by atomic mass is 16.2. The van der Waals surface area contributed by atoms with Gasteiger partial charge >= 0.3 is 0 Å². The monoisotopic (exact) mass is 318 g/mol. The lowest BCUT2D eigenvalue weighted by atomic mass is 10.0. The summed E-state index contributed by atoms with van der Waals surface area (Å²) in [4.78, 5) is 17.5. The molecule has 1 aromatic rings. The van der Waals surface area contributed by atoms with Gasteiger partial charge < -0.3 is 16.0 Å². The summed E-state index contributed by atoms with van der Waals surface area (Å²) in [5, 5.41) is 3.04. The Morgan fingerprint density at radius 1 is 1.26 bits per heavy atom. The number of nitrogens with two attached hydrogens (primary N) is 1. The van der Waals surface area contributed by atoms with E-state index in [0.29, 0.717) is 5.69 Å². The average molecular weight is 318 g/mol. The minimum absolute atomic E-state index is 0.0631. The first-order valence-electron chi connectivity index (χ1n) is 8.55. The van der Waals surface area contributed by atoms with Crippen molar-refractivity contribution < 1.29 is 4.79 Å². The zero-order chi connectivity index (χ0) is 17.0. The fraction of sp³-hybridized carbons (Fsp3) is 0.611. The number of hydrogen-bond acceptors (Lipinski definition) is 4. The van der Waals surface area contributed by atoms with Gasteiger partial charge in [0.15, 0.2) is 0 Å². The number of nitrogens with one attached hydrogen (secondary N) is 1. The Balaban J connectivity index is 2.05. The molecule has 128 valence electrons. The van der Waals surface area contributed by atoms with Gasteiger partial charge in [-0.25, -0.2) is 0 Å². The molecule has 0 aliphatic carbocycles. The first kappa shape index (κ1) is 17.8. The Kier molecular flexibility index (Phi) is 6.02. The van der Waals surface area contributed by atoms with Crippen LogP contribution >= 0.6 is 0 Å². The molecule has 0 saturated carbocycles. The SMILES string of the molecule is CCN1CCN(C(C(=O)Nc2ccc(C)c(N)c2)C(C)C)CC1. The summed E-state index contributed by atoms with van der Waals surface area (Å²) in [5.74, 6) is 0.333. The third-order valence-corrected chi connectivity index (χ3v) is 4.69. The van der Waals surface area contributed by atoms with Crippen molar-refractivity contribution in [3.05, 3.63) is 23.8 Å². The molecule has 1 unspecified atom stereocenters. The number of carbonyl (C=O) groups is 1. The van der Waals surface area contributed by atoms with Gasteiger partial charge in [-0.05, 0) is 37.1 Å². The van der Waals surface area contributed by atoms with Crippen molar-refractivity contribution in [3.63, 3.8) is 0 Å². The standard InChI is InChI=1S/C18H30N4O/c1-5-21-8-10-22(11-9-21)17(13(2)3)18(23)20-15-7-6-14(4)16(19)12-15/h6-7,12-13,17H,5,8-11,19H2,1-4H3,(H,20,23). The molecule has 1 amide bonds. The smallest absolute Gasteiger partial charge is 0.241 e. The predicted molar refractivity (Wildman–Crippen MR) is 96.5 cm³/mol. The van der Waals surface area contributed by atoms with Crippen molar-refractivity contribution >= 4 is 17.3 Å². The van der Waals surface area contributed by atoms with Crippen molar-refractivity contribution in [2.75, 3.05) is 43.8 Å². The maximum atomic E-state index is 12.8. The molecule has 5 nitrogen and oxygen atoms in total. The second kappa shape index (κ2) is 7.79. The highest BCUT2D eigenvalue weighted by Crippen LogP contribution is 2.20. The molecule has 0 bridgehead atoms. The number of nitrogens with zero attached hydrogens (tertiary/aromatic N) is 2. The Morgan fingerprint density at radius 3 is 2.43 bits per heavy atom. The largest absolute Gasteiger partial charge is 0.398 e. The number of rotatable bonds is 5. The molecule has 3 N–H and O–H groups in total. The number of amides is 1. The van der Waals surface area contributed by atoms with Crippen molar-refractivity contribution in [2.24, 2.45) is 5.92 Å². The van der Waals surface area contributed by atoms with Crippen molar-refractivity contribution in [1.82, 2.24) is 9.80 Å². The van der Waals surface area contributed by atoms with E-state index in [1.165, 1.54) is 0 Å². The maximum Gasteiger partial charge on any atom is 0.241 e. The lowest BCUT2D eigenvalue weighted by Gasteiger charge is -2.39. The lowest BCUT2D eigenvalue weighted by molar-refractivity contribution is -0.123. The van der Waals surface area contributed by atoms with Crippen molar-refractivity contribution in [3.8, 4) is 0 Å². The molecule has 2 rings (SSSR count). The number of nitrogen functional groups attached to an aromatic ring is 1. The third kappa shape index (κ3) is 4.45. The first-order chi connectivity index (χ1) is 10.9. The number of piperazine rings is 1. The van der Waals surface area contributed by atoms with E-state index in [1.54, 1.807) is 0 Å². The molecule has 0 aromatic heterocycles. The summed E-state index contributed by atoms with van der Waals surface area (Å²) in [6, 6.07) is 5.59. The van der Waals surface area contributed by atoms with E-state index in [9.17, 15) is 4.79 Å². The Morgan fingerprint density at radius 2 is 1.91 bits per heavy atom. The van der Waals surface area contributed by atoms with E-state index < -0.39 is 0 Å². The fourth-order valence-electron chi connectivity index (χ4n) is 3.18. The first-order valence-corrected chi connectivity index (χ1v) is 8.55. The number of anilines is 2. The predicted octanol–water partition coefficient (Wildman–Crippen LogP) is 2.18. The molecule has 5 heteroatoms. The minimum Gasteiger partial charge on any atom is -0.398 e. The van der Waals surface area contributed by atoms with Crippen LogP contribution in [0.25, 0.3) is 0 Å². The molecular weight excluding hydrogens is 288 g/mol. The number of benzene rings is 1. The molecule has 0 spiro atoms. The van der Waals surface area contributed by atoms with E-state index in [4.69, 9.17) is 5.73 Å². The lowest BCUT2D eigenvalue weighted by Crippen LogP contribution is -2.55. The Labute approximate surface area is 139 Å². The van der Waals surface area contributed by atoms with Crippen molar-refractivity contribution in [2.45, 2.75) is 33.7 Å². The average Bonchev–Trinajstić information content (AvgIpc) is 2.51. The summed E-state index contributed by atoms with van der Waals surface area (Å²) >= 11 is 0. The highest BCUT2D eigenvalue weighted by molar-refractivity contribution is 5.95. The van der Waals surface area contributed by atoms with Crippen LogP contribution in [0.3, 0.4) is 0 Å². The van der Waals surface area contributed by atoms with Crippen LogP contribution in [-0.2, 0) is 4.79 Å². The normalized spacial score (nSPS) is 18.1. The number of carbonyl (C=O) groups excluding carboxylic acids is 1. The van der Waals surface area contributed by atoms with Crippen molar-refractivity contribution in [1.29, 1.82) is 0 Å². The summed E-state index contributed by atoms with van der Waals surface area (Å²) in [5.41, 5.74) is 8.45. The molecular formula is C18H30N4O. The number of aryl methyl sites for hydroxylation is 1. The zero-order valence-electron chi connectivity index (χ0n) is 14.8. The minimum atomic E-state index is -0.100. The van der Waals surface area contributed by atoms with Crippen LogP contribution in [0.2, 0.25) is 0 Å². The highest BCUT2D eigenvalue weighted by Gasteiger charge is 2.31. The van der Waals surface area contributed by atoms with E-state index in [1.807, 2.05) is 25.1 Å².